The molecule has 3 aromatic carbocycles. The molecule has 0 atom stereocenters. The van der Waals surface area contributed by atoms with Crippen molar-refractivity contribution in [3.63, 3.8) is 0 Å². The topological polar surface area (TPSA) is 64.8 Å². The van der Waals surface area contributed by atoms with Crippen LogP contribution in [0.1, 0.15) is 26.5 Å². The lowest BCUT2D eigenvalue weighted by Crippen LogP contribution is -2.20. The Morgan fingerprint density at radius 2 is 1.21 bits per heavy atom. The minimum Gasteiger partial charge on any atom is -0.285 e. The largest absolute Gasteiger partial charge is 0.285 e. The molecule has 0 aliphatic rings. The van der Waals surface area contributed by atoms with Crippen molar-refractivity contribution in [1.29, 1.82) is 0 Å². The van der Waals surface area contributed by atoms with Crippen molar-refractivity contribution < 1.29 is 9.59 Å². The average Bonchev–Trinajstić information content (AvgIpc) is 3.30. The first-order chi connectivity index (χ1) is 16.2. The van der Waals surface area contributed by atoms with Gasteiger partial charge in [0.25, 0.3) is 5.91 Å². The van der Waals surface area contributed by atoms with Gasteiger partial charge in [0.1, 0.15) is 0 Å². The molecule has 0 radical (unpaired) electrons. The summed E-state index contributed by atoms with van der Waals surface area (Å²) in [5.74, 6) is -0.594. The van der Waals surface area contributed by atoms with Gasteiger partial charge in [-0.3, -0.25) is 19.1 Å². The van der Waals surface area contributed by atoms with E-state index in [0.29, 0.717) is 28.1 Å². The number of nitrogens with zero attached hydrogens (tertiary/aromatic N) is 3. The number of rotatable bonds is 5. The lowest BCUT2D eigenvalue weighted by atomic mass is 10.1. The molecule has 5 nitrogen and oxygen atoms in total. The van der Waals surface area contributed by atoms with Crippen molar-refractivity contribution in [1.82, 2.24) is 14.5 Å². The highest BCUT2D eigenvalue weighted by Crippen LogP contribution is 2.34. The molecule has 0 unspecified atom stereocenters. The zero-order chi connectivity index (χ0) is 22.6. The number of hydrogen-bond acceptors (Lipinski definition) is 4. The molecule has 0 N–H and O–H groups in total. The summed E-state index contributed by atoms with van der Waals surface area (Å²) in [4.78, 5) is 36.4. The second-order valence-corrected chi connectivity index (χ2v) is 7.44. The molecule has 2 heterocycles. The maximum Gasteiger partial charge on any atom is 0.264 e. The average molecular weight is 429 g/mol. The van der Waals surface area contributed by atoms with Gasteiger partial charge in [-0.15, -0.1) is 0 Å². The zero-order valence-corrected chi connectivity index (χ0v) is 17.6. The Balaban J connectivity index is 1.83. The molecule has 33 heavy (non-hydrogen) atoms. The van der Waals surface area contributed by atoms with E-state index in [-0.39, 0.29) is 17.5 Å². The highest BCUT2D eigenvalue weighted by Gasteiger charge is 2.29. The highest BCUT2D eigenvalue weighted by molar-refractivity contribution is 6.12. The second-order valence-electron chi connectivity index (χ2n) is 7.44. The predicted octanol–water partition coefficient (Wildman–Crippen LogP) is 5.53. The van der Waals surface area contributed by atoms with E-state index >= 15 is 0 Å². The smallest absolute Gasteiger partial charge is 0.264 e. The van der Waals surface area contributed by atoms with E-state index in [1.54, 1.807) is 67.0 Å². The van der Waals surface area contributed by atoms with Gasteiger partial charge in [-0.2, -0.15) is 0 Å². The monoisotopic (exact) mass is 429 g/mol. The fourth-order valence-corrected chi connectivity index (χ4v) is 3.77. The molecule has 5 heteroatoms. The van der Waals surface area contributed by atoms with Crippen molar-refractivity contribution in [2.45, 2.75) is 0 Å². The fourth-order valence-electron chi connectivity index (χ4n) is 3.77. The maximum atomic E-state index is 13.8. The highest BCUT2D eigenvalue weighted by atomic mass is 16.2. The van der Waals surface area contributed by atoms with Crippen LogP contribution in [0.4, 0.5) is 0 Å². The van der Waals surface area contributed by atoms with E-state index in [4.69, 9.17) is 4.98 Å². The molecular formula is C28H19N3O2. The molecule has 2 aromatic heterocycles. The second kappa shape index (κ2) is 8.85. The van der Waals surface area contributed by atoms with Crippen LogP contribution < -0.4 is 0 Å². The van der Waals surface area contributed by atoms with Crippen molar-refractivity contribution in [3.05, 3.63) is 132 Å². The zero-order valence-electron chi connectivity index (χ0n) is 17.6. The van der Waals surface area contributed by atoms with Crippen LogP contribution in [0.15, 0.2) is 116 Å². The minimum atomic E-state index is -0.330. The summed E-state index contributed by atoms with van der Waals surface area (Å²) in [7, 11) is 0. The van der Waals surface area contributed by atoms with Crippen LogP contribution in [-0.4, -0.2) is 26.2 Å². The van der Waals surface area contributed by atoms with Crippen LogP contribution in [0.5, 0.6) is 0 Å². The molecule has 0 saturated carbocycles. The predicted molar refractivity (Wildman–Crippen MR) is 127 cm³/mol. The van der Waals surface area contributed by atoms with E-state index in [9.17, 15) is 9.59 Å². The summed E-state index contributed by atoms with van der Waals surface area (Å²) in [6.07, 6.45) is 3.34. The first-order valence-corrected chi connectivity index (χ1v) is 10.5. The Labute approximate surface area is 191 Å². The molecule has 0 aliphatic carbocycles. The Kier molecular flexibility index (Phi) is 5.43. The van der Waals surface area contributed by atoms with Crippen LogP contribution in [0.25, 0.3) is 22.5 Å². The Morgan fingerprint density at radius 1 is 0.636 bits per heavy atom. The van der Waals surface area contributed by atoms with Crippen LogP contribution >= 0.6 is 0 Å². The van der Waals surface area contributed by atoms with Crippen LogP contribution in [0, 0.1) is 0 Å². The molecule has 0 spiro atoms. The summed E-state index contributed by atoms with van der Waals surface area (Å²) in [6.45, 7) is 0. The number of benzene rings is 3. The fraction of sp³-hybridized carbons (Fsp3) is 0. The van der Waals surface area contributed by atoms with Gasteiger partial charge in [0.2, 0.25) is 5.78 Å². The molecule has 0 aliphatic heterocycles. The standard InChI is InChI=1S/C28H19N3O2/c32-26(21-13-6-2-7-14-21)27-30-24(20-11-4-1-5-12-20)25(23-17-10-18-29-19-23)31(27)28(33)22-15-8-3-9-16-22/h1-19H. The first-order valence-electron chi connectivity index (χ1n) is 10.5. The van der Waals surface area contributed by atoms with Crippen molar-refractivity contribution in [2.75, 3.05) is 0 Å². The normalized spacial score (nSPS) is 10.7. The van der Waals surface area contributed by atoms with E-state index in [1.165, 1.54) is 4.57 Å². The van der Waals surface area contributed by atoms with E-state index in [1.807, 2.05) is 48.5 Å². The van der Waals surface area contributed by atoms with Gasteiger partial charge in [0.15, 0.2) is 5.82 Å². The van der Waals surface area contributed by atoms with Crippen molar-refractivity contribution >= 4 is 11.7 Å². The molecule has 0 saturated heterocycles. The molecule has 158 valence electrons. The number of carbonyl (C=O) groups excluding carboxylic acids is 2. The van der Waals surface area contributed by atoms with E-state index in [0.717, 1.165) is 5.56 Å². The van der Waals surface area contributed by atoms with Gasteiger partial charge in [0.05, 0.1) is 11.4 Å². The lowest BCUT2D eigenvalue weighted by molar-refractivity contribution is 0.0932. The molecule has 0 bridgehead atoms. The number of ketones is 1. The molecule has 0 fully saturated rings. The van der Waals surface area contributed by atoms with Gasteiger partial charge < -0.3 is 0 Å². The minimum absolute atomic E-state index is 0.0627. The van der Waals surface area contributed by atoms with Gasteiger partial charge in [-0.1, -0.05) is 78.9 Å². The Bertz CT molecular complexity index is 1410. The van der Waals surface area contributed by atoms with Crippen LogP contribution in [-0.2, 0) is 0 Å². The molecule has 5 aromatic rings. The third kappa shape index (κ3) is 3.88. The summed E-state index contributed by atoms with van der Waals surface area (Å²) >= 11 is 0. The Morgan fingerprint density at radius 3 is 1.82 bits per heavy atom. The van der Waals surface area contributed by atoms with E-state index < -0.39 is 0 Å². The van der Waals surface area contributed by atoms with Gasteiger partial charge in [0, 0.05) is 34.6 Å². The van der Waals surface area contributed by atoms with Crippen molar-refractivity contribution in [2.24, 2.45) is 0 Å². The van der Waals surface area contributed by atoms with Gasteiger partial charge in [-0.25, -0.2) is 4.98 Å². The van der Waals surface area contributed by atoms with Crippen LogP contribution in [0.3, 0.4) is 0 Å². The quantitative estimate of drug-likeness (QED) is 0.345. The number of aromatic nitrogens is 3. The van der Waals surface area contributed by atoms with E-state index in [2.05, 4.69) is 4.98 Å². The number of carbonyl (C=O) groups is 2. The number of hydrogen-bond donors (Lipinski definition) is 0. The Hall–Kier alpha value is -4.64. The van der Waals surface area contributed by atoms with Crippen molar-refractivity contribution in [3.8, 4) is 22.5 Å². The summed E-state index contributed by atoms with van der Waals surface area (Å²) in [6, 6.07) is 31.0. The number of imidazole rings is 1. The number of pyridine rings is 1. The molecule has 0 amide bonds. The maximum absolute atomic E-state index is 13.8. The third-order valence-electron chi connectivity index (χ3n) is 5.32. The summed E-state index contributed by atoms with van der Waals surface area (Å²) < 4.78 is 1.42. The van der Waals surface area contributed by atoms with Crippen LogP contribution in [0.2, 0.25) is 0 Å². The first kappa shape index (κ1) is 20.3. The SMILES string of the molecule is O=C(c1ccccc1)c1nc(-c2ccccc2)c(-c2cccnc2)n1C(=O)c1ccccc1. The summed E-state index contributed by atoms with van der Waals surface area (Å²) in [5, 5.41) is 0. The van der Waals surface area contributed by atoms with Gasteiger partial charge >= 0.3 is 0 Å². The van der Waals surface area contributed by atoms with Gasteiger partial charge in [-0.05, 0) is 24.3 Å². The third-order valence-corrected chi connectivity index (χ3v) is 5.32. The lowest BCUT2D eigenvalue weighted by Gasteiger charge is -2.11. The summed E-state index contributed by atoms with van der Waals surface area (Å²) in [5.41, 5.74) is 3.50. The molecular weight excluding hydrogens is 410 g/mol. The molecule has 5 rings (SSSR count).